The maximum absolute atomic E-state index is 12.9. The Bertz CT molecular complexity index is 346. The Hall–Kier alpha value is -1.24. The van der Waals surface area contributed by atoms with E-state index >= 15 is 0 Å². The highest BCUT2D eigenvalue weighted by molar-refractivity contribution is 5.19. The topological polar surface area (TPSA) is 0 Å². The van der Waals surface area contributed by atoms with Crippen LogP contribution in [0.15, 0.2) is 12.2 Å². The fourth-order valence-electron chi connectivity index (χ4n) is 0.929. The molecule has 0 atom stereocenters. The highest BCUT2D eigenvalue weighted by Crippen LogP contribution is 2.51. The van der Waals surface area contributed by atoms with Crippen molar-refractivity contribution in [2.45, 2.75) is 36.0 Å². The van der Waals surface area contributed by atoms with Gasteiger partial charge in [-0.2, -0.15) is 52.7 Å². The molecule has 0 rings (SSSR count). The van der Waals surface area contributed by atoms with Crippen molar-refractivity contribution in [3.8, 4) is 0 Å². The van der Waals surface area contributed by atoms with E-state index in [9.17, 15) is 61.5 Å². The maximum Gasteiger partial charge on any atom is 0.435 e. The van der Waals surface area contributed by atoms with Crippen LogP contribution in [0, 0.1) is 0 Å². The van der Waals surface area contributed by atoms with E-state index in [4.69, 9.17) is 0 Å². The third-order valence-corrected chi connectivity index (χ3v) is 2.19. The molecule has 132 valence electrons. The molecule has 0 aromatic rings. The summed E-state index contributed by atoms with van der Waals surface area (Å²) in [4.78, 5) is 0. The first-order valence-electron chi connectivity index (χ1n) is 4.56. The van der Waals surface area contributed by atoms with Gasteiger partial charge in [-0.1, -0.05) is 0 Å². The third-order valence-electron chi connectivity index (χ3n) is 2.19. The maximum atomic E-state index is 12.9. The fraction of sp³-hybridized carbons (Fsp3) is 0.750. The predicted octanol–water partition coefficient (Wildman–Crippen LogP) is 5.21. The zero-order valence-electron chi connectivity index (χ0n) is 9.45. The van der Waals surface area contributed by atoms with Gasteiger partial charge in [-0.15, -0.1) is 0 Å². The van der Waals surface area contributed by atoms with Gasteiger partial charge < -0.3 is 0 Å². The summed E-state index contributed by atoms with van der Waals surface area (Å²) in [6.07, 6.45) is -32.3. The minimum Gasteiger partial charge on any atom is -0.219 e. The van der Waals surface area contributed by atoms with Gasteiger partial charge >= 0.3 is 36.0 Å². The molecule has 0 aliphatic rings. The standard InChI is InChI=1S/C8H2F14/c9-3(5(11,12)13,6(14,15)16)1-2-4(10,7(17,18)19)8(20,21)22/h1-2H. The second-order valence-electron chi connectivity index (χ2n) is 3.75. The minimum absolute atomic E-state index is 2.20. The summed E-state index contributed by atoms with van der Waals surface area (Å²) in [6.45, 7) is 0. The molecule has 0 saturated carbocycles. The molecule has 0 spiro atoms. The van der Waals surface area contributed by atoms with Gasteiger partial charge in [0, 0.05) is 0 Å². The van der Waals surface area contributed by atoms with E-state index in [1.165, 1.54) is 0 Å². The molecule has 0 heterocycles. The predicted molar refractivity (Wildman–Crippen MR) is 41.0 cm³/mol. The molecule has 0 N–H and O–H groups in total. The van der Waals surface area contributed by atoms with Gasteiger partial charge in [0.1, 0.15) is 0 Å². The smallest absolute Gasteiger partial charge is 0.219 e. The number of hydrogen-bond donors (Lipinski definition) is 0. The van der Waals surface area contributed by atoms with Crippen LogP contribution in [-0.4, -0.2) is 36.0 Å². The van der Waals surface area contributed by atoms with E-state index in [-0.39, 0.29) is 0 Å². The summed E-state index contributed by atoms with van der Waals surface area (Å²) in [6, 6.07) is 0. The summed E-state index contributed by atoms with van der Waals surface area (Å²) >= 11 is 0. The molecule has 0 saturated heterocycles. The quantitative estimate of drug-likeness (QED) is 0.466. The number of hydrogen-bond acceptors (Lipinski definition) is 0. The van der Waals surface area contributed by atoms with Crippen LogP contribution in [0.25, 0.3) is 0 Å². The molecule has 0 unspecified atom stereocenters. The Morgan fingerprint density at radius 2 is 0.455 bits per heavy atom. The Labute approximate surface area is 111 Å². The normalized spacial score (nSPS) is 16.5. The molecule has 14 heteroatoms. The third kappa shape index (κ3) is 3.39. The minimum atomic E-state index is -6.97. The van der Waals surface area contributed by atoms with E-state index in [1.807, 2.05) is 0 Å². The van der Waals surface area contributed by atoms with Crippen LogP contribution in [0.4, 0.5) is 61.5 Å². The summed E-state index contributed by atoms with van der Waals surface area (Å²) < 4.78 is 169. The van der Waals surface area contributed by atoms with Crippen LogP contribution < -0.4 is 0 Å². The van der Waals surface area contributed by atoms with Crippen molar-refractivity contribution in [3.05, 3.63) is 12.2 Å². The monoisotopic (exact) mass is 364 g/mol. The molecule has 0 radical (unpaired) electrons. The van der Waals surface area contributed by atoms with Gasteiger partial charge in [-0.3, -0.25) is 0 Å². The lowest BCUT2D eigenvalue weighted by Gasteiger charge is -2.30. The Morgan fingerprint density at radius 3 is 0.545 bits per heavy atom. The molecular weight excluding hydrogens is 362 g/mol. The Morgan fingerprint density at radius 1 is 0.318 bits per heavy atom. The number of alkyl halides is 14. The van der Waals surface area contributed by atoms with Crippen LogP contribution in [0.3, 0.4) is 0 Å². The first-order valence-corrected chi connectivity index (χ1v) is 4.56. The van der Waals surface area contributed by atoms with Crippen molar-refractivity contribution >= 4 is 0 Å². The van der Waals surface area contributed by atoms with Crippen LogP contribution in [0.5, 0.6) is 0 Å². The van der Waals surface area contributed by atoms with Crippen molar-refractivity contribution in [2.75, 3.05) is 0 Å². The molecular formula is C8H2F14. The van der Waals surface area contributed by atoms with E-state index in [1.54, 1.807) is 0 Å². The highest BCUT2D eigenvalue weighted by Gasteiger charge is 2.74. The van der Waals surface area contributed by atoms with Gasteiger partial charge in [-0.25, -0.2) is 8.78 Å². The second-order valence-corrected chi connectivity index (χ2v) is 3.75. The summed E-state index contributed by atoms with van der Waals surface area (Å²) in [7, 11) is 0. The second kappa shape index (κ2) is 5.15. The van der Waals surface area contributed by atoms with Gasteiger partial charge in [-0.05, 0) is 12.2 Å². The SMILES string of the molecule is FC(F)(F)C(F)(C=CC(F)(C(F)(F)F)C(F)(F)F)C(F)(F)F. The van der Waals surface area contributed by atoms with Gasteiger partial charge in [0.05, 0.1) is 0 Å². The average Bonchev–Trinajstić information content (AvgIpc) is 2.18. The lowest BCUT2D eigenvalue weighted by Crippen LogP contribution is -2.55. The molecule has 22 heavy (non-hydrogen) atoms. The van der Waals surface area contributed by atoms with E-state index in [2.05, 4.69) is 0 Å². The van der Waals surface area contributed by atoms with Crippen molar-refractivity contribution in [1.82, 2.24) is 0 Å². The fourth-order valence-corrected chi connectivity index (χ4v) is 0.929. The summed E-state index contributed by atoms with van der Waals surface area (Å²) in [5, 5.41) is 0. The van der Waals surface area contributed by atoms with Gasteiger partial charge in [0.15, 0.2) is 0 Å². The van der Waals surface area contributed by atoms with Crippen molar-refractivity contribution in [1.29, 1.82) is 0 Å². The first kappa shape index (κ1) is 20.8. The zero-order valence-corrected chi connectivity index (χ0v) is 9.45. The Balaban J connectivity index is 6.18. The van der Waals surface area contributed by atoms with Crippen molar-refractivity contribution < 1.29 is 61.5 Å². The largest absolute Gasteiger partial charge is 0.435 e. The van der Waals surface area contributed by atoms with Crippen molar-refractivity contribution in [2.24, 2.45) is 0 Å². The summed E-state index contributed by atoms with van der Waals surface area (Å²) in [5.74, 6) is 0. The first-order chi connectivity index (χ1) is 9.21. The van der Waals surface area contributed by atoms with Crippen molar-refractivity contribution in [3.63, 3.8) is 0 Å². The number of halogens is 14. The molecule has 0 aromatic heterocycles. The molecule has 0 nitrogen and oxygen atoms in total. The van der Waals surface area contributed by atoms with Crippen LogP contribution in [0.2, 0.25) is 0 Å². The van der Waals surface area contributed by atoms with E-state index in [0.29, 0.717) is 0 Å². The molecule has 0 bridgehead atoms. The molecule has 0 aliphatic carbocycles. The zero-order chi connectivity index (χ0) is 18.4. The lowest BCUT2D eigenvalue weighted by atomic mass is 9.98. The Kier molecular flexibility index (Phi) is 4.86. The number of allylic oxidation sites excluding steroid dienone is 2. The summed E-state index contributed by atoms with van der Waals surface area (Å²) in [5.41, 5.74) is -13.2. The number of rotatable bonds is 2. The highest BCUT2D eigenvalue weighted by atomic mass is 19.4. The molecule has 0 aromatic carbocycles. The van der Waals surface area contributed by atoms with E-state index in [0.717, 1.165) is 0 Å². The van der Waals surface area contributed by atoms with Crippen LogP contribution in [0.1, 0.15) is 0 Å². The van der Waals surface area contributed by atoms with Gasteiger partial charge in [0.2, 0.25) is 0 Å². The molecule has 0 aliphatic heterocycles. The molecule has 0 fully saturated rings. The van der Waals surface area contributed by atoms with E-state index < -0.39 is 48.2 Å². The molecule has 0 amide bonds. The lowest BCUT2D eigenvalue weighted by molar-refractivity contribution is -0.330. The van der Waals surface area contributed by atoms with Crippen LogP contribution >= 0.6 is 0 Å². The average molecular weight is 364 g/mol. The van der Waals surface area contributed by atoms with Gasteiger partial charge in [0.25, 0.3) is 0 Å². The van der Waals surface area contributed by atoms with Crippen LogP contribution in [-0.2, 0) is 0 Å².